The molecule has 5 rings (SSSR count). The molecule has 0 aromatic heterocycles. The van der Waals surface area contributed by atoms with Gasteiger partial charge in [0.25, 0.3) is 18.2 Å². The number of hydrogen-bond donors (Lipinski definition) is 2. The van der Waals surface area contributed by atoms with Gasteiger partial charge in [-0.15, -0.1) is 11.8 Å². The highest BCUT2D eigenvalue weighted by atomic mass is 32.2. The Bertz CT molecular complexity index is 2020. The summed E-state index contributed by atoms with van der Waals surface area (Å²) in [6.07, 6.45) is 0.171. The number of benzene rings is 4. The highest BCUT2D eigenvalue weighted by Crippen LogP contribution is 2.38. The zero-order chi connectivity index (χ0) is 39.2. The molecule has 54 heavy (non-hydrogen) atoms. The van der Waals surface area contributed by atoms with E-state index in [1.54, 1.807) is 0 Å². The van der Waals surface area contributed by atoms with Gasteiger partial charge in [0.1, 0.15) is 4.90 Å². The molecule has 9 nitrogen and oxygen atoms in total. The first-order valence-electron chi connectivity index (χ1n) is 17.4. The molecule has 1 saturated heterocycles. The maximum Gasteiger partial charge on any atom is 0.501 e. The van der Waals surface area contributed by atoms with Crippen molar-refractivity contribution >= 4 is 56.0 Å². The fourth-order valence-corrected chi connectivity index (χ4v) is 13.8. The summed E-state index contributed by atoms with van der Waals surface area (Å²) in [4.78, 5) is 1.18. The smallest absolute Gasteiger partial charge is 0.405 e. The Morgan fingerprint density at radius 3 is 2.02 bits per heavy atom. The Hall–Kier alpha value is -3.22. The van der Waals surface area contributed by atoms with Gasteiger partial charge in [0, 0.05) is 36.3 Å². The van der Waals surface area contributed by atoms with E-state index in [0.717, 1.165) is 27.4 Å². The summed E-state index contributed by atoms with van der Waals surface area (Å²) >= 11 is 1.46. The van der Waals surface area contributed by atoms with Crippen LogP contribution >= 0.6 is 11.8 Å². The Balaban J connectivity index is 1.36. The zero-order valence-corrected chi connectivity index (χ0v) is 33.8. The van der Waals surface area contributed by atoms with Crippen LogP contribution in [0.3, 0.4) is 0 Å². The number of nitrogens with zero attached hydrogens (tertiary/aromatic N) is 1. The average molecular weight is 822 g/mol. The Morgan fingerprint density at radius 1 is 0.907 bits per heavy atom. The Kier molecular flexibility index (Phi) is 13.4. The molecule has 292 valence electrons. The lowest BCUT2D eigenvalue weighted by Crippen LogP contribution is -2.67. The topological polar surface area (TPSA) is 128 Å². The lowest BCUT2D eigenvalue weighted by Gasteiger charge is -2.44. The first kappa shape index (κ1) is 41.9. The van der Waals surface area contributed by atoms with Crippen LogP contribution in [0.1, 0.15) is 27.2 Å². The maximum absolute atomic E-state index is 13.8. The number of primary sulfonamides is 1. The van der Waals surface area contributed by atoms with E-state index in [0.29, 0.717) is 51.1 Å². The second-order valence-corrected chi connectivity index (χ2v) is 23.0. The summed E-state index contributed by atoms with van der Waals surface area (Å²) in [6.45, 7) is 9.12. The van der Waals surface area contributed by atoms with Gasteiger partial charge in [0.2, 0.25) is 10.0 Å². The fraction of sp³-hybridized carbons (Fsp3) is 0.368. The van der Waals surface area contributed by atoms with Crippen molar-refractivity contribution in [2.75, 3.05) is 43.9 Å². The second-order valence-electron chi connectivity index (χ2n) is 14.2. The molecule has 0 bridgehead atoms. The molecule has 0 radical (unpaired) electrons. The van der Waals surface area contributed by atoms with Gasteiger partial charge < -0.3 is 14.5 Å². The second kappa shape index (κ2) is 17.3. The molecule has 2 unspecified atom stereocenters. The SMILES string of the molecule is CC(C)(C)[Si](OCC1CN(CCC(CSc2ccccc2)Nc2ccc(S(N)(=O)=O)cc2S(=O)(=O)C(F)(F)F)CCO1)(c1ccccc1)c1ccccc1. The fourth-order valence-electron chi connectivity index (χ4n) is 6.68. The number of alkyl halides is 3. The van der Waals surface area contributed by atoms with E-state index in [-0.39, 0.29) is 16.8 Å². The number of rotatable bonds is 15. The molecule has 0 saturated carbocycles. The number of thioether (sulfide) groups is 1. The standard InChI is InChI=1S/C38H46F3N3O6S3Si/c1-37(2,3)54(33-15-9-5-10-16-33,34-17-11-6-12-18-34)50-27-30-26-44(23-24-49-30)22-21-29(28-51-31-13-7-4-8-14-31)43-35-20-19-32(53(42,47)48)25-36(35)52(45,46)38(39,40)41/h4-20,25,29-30,43H,21-24,26-28H2,1-3H3,(H2,42,47,48). The molecule has 16 heteroatoms. The first-order chi connectivity index (χ1) is 25.4. The van der Waals surface area contributed by atoms with Crippen molar-refractivity contribution in [1.29, 1.82) is 0 Å². The summed E-state index contributed by atoms with van der Waals surface area (Å²) < 4.78 is 104. The lowest BCUT2D eigenvalue weighted by molar-refractivity contribution is -0.0498. The first-order valence-corrected chi connectivity index (χ1v) is 23.4. The van der Waals surface area contributed by atoms with Crippen molar-refractivity contribution in [3.63, 3.8) is 0 Å². The van der Waals surface area contributed by atoms with Crippen molar-refractivity contribution in [3.8, 4) is 0 Å². The van der Waals surface area contributed by atoms with E-state index in [9.17, 15) is 30.0 Å². The van der Waals surface area contributed by atoms with Crippen molar-refractivity contribution < 1.29 is 39.2 Å². The van der Waals surface area contributed by atoms with Crippen LogP contribution in [0.25, 0.3) is 0 Å². The molecular weight excluding hydrogens is 776 g/mol. The van der Waals surface area contributed by atoms with Crippen LogP contribution in [0, 0.1) is 0 Å². The highest BCUT2D eigenvalue weighted by Gasteiger charge is 2.51. The van der Waals surface area contributed by atoms with Crippen LogP contribution in [0.2, 0.25) is 5.04 Å². The third-order valence-corrected chi connectivity index (χ3v) is 18.0. The molecule has 4 aromatic carbocycles. The van der Waals surface area contributed by atoms with Crippen LogP contribution < -0.4 is 20.8 Å². The minimum atomic E-state index is -5.94. The lowest BCUT2D eigenvalue weighted by atomic mass is 10.2. The molecule has 1 aliphatic rings. The van der Waals surface area contributed by atoms with Gasteiger partial charge in [-0.2, -0.15) is 13.2 Å². The molecule has 1 fully saturated rings. The molecule has 0 amide bonds. The van der Waals surface area contributed by atoms with Gasteiger partial charge in [0.15, 0.2) is 0 Å². The number of nitrogens with two attached hydrogens (primary N) is 1. The monoisotopic (exact) mass is 821 g/mol. The van der Waals surface area contributed by atoms with Gasteiger partial charge in [-0.05, 0) is 52.2 Å². The molecule has 0 aliphatic carbocycles. The predicted molar refractivity (Wildman–Crippen MR) is 210 cm³/mol. The van der Waals surface area contributed by atoms with Crippen LogP contribution in [0.15, 0.2) is 124 Å². The normalized spacial score (nSPS) is 16.9. The third-order valence-electron chi connectivity index (χ3n) is 9.35. The van der Waals surface area contributed by atoms with Crippen molar-refractivity contribution in [2.24, 2.45) is 5.14 Å². The van der Waals surface area contributed by atoms with Gasteiger partial charge in [-0.1, -0.05) is 99.6 Å². The minimum absolute atomic E-state index is 0.218. The number of sulfone groups is 1. The van der Waals surface area contributed by atoms with E-state index < -0.39 is 49.5 Å². The van der Waals surface area contributed by atoms with E-state index in [1.165, 1.54) is 11.8 Å². The van der Waals surface area contributed by atoms with Crippen molar-refractivity contribution in [3.05, 3.63) is 109 Å². The number of morpholine rings is 1. The van der Waals surface area contributed by atoms with Gasteiger partial charge >= 0.3 is 5.51 Å². The van der Waals surface area contributed by atoms with Crippen molar-refractivity contribution in [2.45, 2.75) is 64.6 Å². The maximum atomic E-state index is 13.8. The molecule has 3 N–H and O–H groups in total. The minimum Gasteiger partial charge on any atom is -0.405 e. The van der Waals surface area contributed by atoms with Crippen molar-refractivity contribution in [1.82, 2.24) is 4.90 Å². The molecule has 1 aliphatic heterocycles. The summed E-state index contributed by atoms with van der Waals surface area (Å²) in [6, 6.07) is 32.0. The van der Waals surface area contributed by atoms with Crippen LogP contribution in [-0.2, 0) is 29.0 Å². The number of halogens is 3. The summed E-state index contributed by atoms with van der Waals surface area (Å²) in [7, 11) is -13.3. The highest BCUT2D eigenvalue weighted by molar-refractivity contribution is 7.99. The van der Waals surface area contributed by atoms with Crippen LogP contribution in [0.4, 0.5) is 18.9 Å². The number of ether oxygens (including phenoxy) is 1. The largest absolute Gasteiger partial charge is 0.501 e. The number of anilines is 1. The molecule has 4 aromatic rings. The predicted octanol–water partition coefficient (Wildman–Crippen LogP) is 5.87. The Morgan fingerprint density at radius 2 is 1.48 bits per heavy atom. The van der Waals surface area contributed by atoms with E-state index in [1.807, 2.05) is 66.7 Å². The number of sulfonamides is 1. The average Bonchev–Trinajstić information content (AvgIpc) is 3.13. The van der Waals surface area contributed by atoms with E-state index in [2.05, 4.69) is 55.3 Å². The number of nitrogens with one attached hydrogen (secondary N) is 1. The summed E-state index contributed by atoms with van der Waals surface area (Å²) in [5.41, 5.74) is -6.04. The van der Waals surface area contributed by atoms with Crippen LogP contribution in [-0.4, -0.2) is 86.3 Å². The molecule has 0 spiro atoms. The summed E-state index contributed by atoms with van der Waals surface area (Å²) in [5.74, 6) is 0.372. The Labute approximate surface area is 321 Å². The summed E-state index contributed by atoms with van der Waals surface area (Å²) in [5, 5.41) is 10.3. The number of hydrogen-bond acceptors (Lipinski definition) is 9. The third kappa shape index (κ3) is 9.95. The van der Waals surface area contributed by atoms with E-state index >= 15 is 0 Å². The van der Waals surface area contributed by atoms with Gasteiger partial charge in [-0.3, -0.25) is 4.90 Å². The molecular formula is C38H46F3N3O6S3Si. The van der Waals surface area contributed by atoms with Crippen LogP contribution in [0.5, 0.6) is 0 Å². The van der Waals surface area contributed by atoms with Gasteiger partial charge in [-0.25, -0.2) is 22.0 Å². The van der Waals surface area contributed by atoms with Gasteiger partial charge in [0.05, 0.1) is 29.9 Å². The van der Waals surface area contributed by atoms with E-state index in [4.69, 9.17) is 14.3 Å². The zero-order valence-electron chi connectivity index (χ0n) is 30.3. The molecule has 2 atom stereocenters. The molecule has 1 heterocycles. The quantitative estimate of drug-likeness (QED) is 0.112.